The van der Waals surface area contributed by atoms with E-state index in [1.165, 1.54) is 7.11 Å². The molecule has 0 fully saturated rings. The van der Waals surface area contributed by atoms with Gasteiger partial charge in [-0.15, -0.1) is 0 Å². The van der Waals surface area contributed by atoms with Gasteiger partial charge in [-0.1, -0.05) is 44.2 Å². The van der Waals surface area contributed by atoms with Crippen molar-refractivity contribution in [1.29, 1.82) is 0 Å². The van der Waals surface area contributed by atoms with Crippen LogP contribution in [0.4, 0.5) is 4.79 Å². The van der Waals surface area contributed by atoms with Gasteiger partial charge in [0.1, 0.15) is 18.7 Å². The average molecular weight is 411 g/mol. The number of carbonyl (C=O) groups is 3. The lowest BCUT2D eigenvalue weighted by atomic mass is 10.0. The molecule has 0 aliphatic heterocycles. The Balaban J connectivity index is 2.69. The van der Waals surface area contributed by atoms with E-state index in [2.05, 4.69) is 10.6 Å². The Morgan fingerprint density at radius 2 is 1.75 bits per heavy atom. The SMILES string of the molecule is COC(=O)[C@H](CCSC)NC(=O)[C@H](CC(C)C)NC(=O)OCc1ccccc1. The van der Waals surface area contributed by atoms with Crippen LogP contribution in [0.15, 0.2) is 30.3 Å². The van der Waals surface area contributed by atoms with E-state index in [-0.39, 0.29) is 12.5 Å². The maximum atomic E-state index is 12.7. The molecule has 0 heterocycles. The van der Waals surface area contributed by atoms with Gasteiger partial charge in [-0.2, -0.15) is 11.8 Å². The molecule has 2 N–H and O–H groups in total. The van der Waals surface area contributed by atoms with Crippen LogP contribution in [0.25, 0.3) is 0 Å². The molecule has 1 aromatic rings. The molecule has 0 aromatic heterocycles. The first kappa shape index (κ1) is 23.8. The normalized spacial score (nSPS) is 12.8. The second-order valence-corrected chi connectivity index (χ2v) is 7.74. The molecule has 7 nitrogen and oxygen atoms in total. The molecule has 0 spiro atoms. The molecule has 0 unspecified atom stereocenters. The Bertz CT molecular complexity index is 624. The Hall–Kier alpha value is -2.22. The lowest BCUT2D eigenvalue weighted by molar-refractivity contribution is -0.145. The zero-order chi connectivity index (χ0) is 20.9. The van der Waals surface area contributed by atoms with E-state index in [1.54, 1.807) is 11.8 Å². The van der Waals surface area contributed by atoms with Crippen molar-refractivity contribution in [3.8, 4) is 0 Å². The molecule has 1 rings (SSSR count). The van der Waals surface area contributed by atoms with Crippen LogP contribution in [0.5, 0.6) is 0 Å². The number of rotatable bonds is 11. The molecule has 0 aliphatic rings. The zero-order valence-electron chi connectivity index (χ0n) is 16.9. The first-order valence-corrected chi connectivity index (χ1v) is 10.6. The van der Waals surface area contributed by atoms with E-state index in [0.717, 1.165) is 5.56 Å². The second kappa shape index (κ2) is 13.0. The van der Waals surface area contributed by atoms with Gasteiger partial charge in [0.15, 0.2) is 0 Å². The minimum Gasteiger partial charge on any atom is -0.467 e. The molecule has 28 heavy (non-hydrogen) atoms. The molecular weight excluding hydrogens is 380 g/mol. The van der Waals surface area contributed by atoms with E-state index in [0.29, 0.717) is 18.6 Å². The van der Waals surface area contributed by atoms with E-state index < -0.39 is 30.1 Å². The van der Waals surface area contributed by atoms with E-state index in [4.69, 9.17) is 9.47 Å². The first-order chi connectivity index (χ1) is 13.4. The largest absolute Gasteiger partial charge is 0.467 e. The summed E-state index contributed by atoms with van der Waals surface area (Å²) in [6, 6.07) is 7.73. The predicted molar refractivity (Wildman–Crippen MR) is 110 cm³/mol. The fourth-order valence-electron chi connectivity index (χ4n) is 2.51. The molecule has 8 heteroatoms. The summed E-state index contributed by atoms with van der Waals surface area (Å²) >= 11 is 1.57. The van der Waals surface area contributed by atoms with Crippen LogP contribution in [-0.2, 0) is 25.7 Å². The van der Waals surface area contributed by atoms with Gasteiger partial charge in [0, 0.05) is 0 Å². The number of amides is 2. The summed E-state index contributed by atoms with van der Waals surface area (Å²) in [5, 5.41) is 5.30. The highest BCUT2D eigenvalue weighted by Gasteiger charge is 2.28. The fraction of sp³-hybridized carbons (Fsp3) is 0.550. The minimum absolute atomic E-state index is 0.112. The minimum atomic E-state index is -0.801. The van der Waals surface area contributed by atoms with E-state index in [9.17, 15) is 14.4 Å². The number of ether oxygens (including phenoxy) is 2. The van der Waals surface area contributed by atoms with E-state index in [1.807, 2.05) is 50.4 Å². The third-order valence-corrected chi connectivity index (χ3v) is 4.59. The first-order valence-electron chi connectivity index (χ1n) is 9.21. The maximum Gasteiger partial charge on any atom is 0.408 e. The van der Waals surface area contributed by atoms with Crippen molar-refractivity contribution >= 4 is 29.7 Å². The Morgan fingerprint density at radius 3 is 2.32 bits per heavy atom. The van der Waals surface area contributed by atoms with Crippen molar-refractivity contribution in [1.82, 2.24) is 10.6 Å². The van der Waals surface area contributed by atoms with Gasteiger partial charge in [0.25, 0.3) is 0 Å². The van der Waals surface area contributed by atoms with Gasteiger partial charge in [-0.25, -0.2) is 9.59 Å². The molecule has 1 aromatic carbocycles. The number of hydrogen-bond acceptors (Lipinski definition) is 6. The summed E-state index contributed by atoms with van der Waals surface area (Å²) in [5.74, 6) is -0.0753. The number of thioether (sulfide) groups is 1. The number of alkyl carbamates (subject to hydrolysis) is 1. The van der Waals surface area contributed by atoms with Crippen LogP contribution in [0.1, 0.15) is 32.3 Å². The summed E-state index contributed by atoms with van der Waals surface area (Å²) in [6.07, 6.45) is 2.11. The third kappa shape index (κ3) is 9.12. The second-order valence-electron chi connectivity index (χ2n) is 6.75. The standard InChI is InChI=1S/C20H30N2O5S/c1-14(2)12-17(18(23)21-16(10-11-28-4)19(24)26-3)22-20(25)27-13-15-8-6-5-7-9-15/h5-9,14,16-17H,10-13H2,1-4H3,(H,21,23)(H,22,25)/t16-,17-/m0/s1. The van der Waals surface area contributed by atoms with Crippen LogP contribution in [0.3, 0.4) is 0 Å². The van der Waals surface area contributed by atoms with Crippen molar-refractivity contribution in [2.45, 2.75) is 45.4 Å². The predicted octanol–water partition coefficient (Wildman–Crippen LogP) is 2.74. The highest BCUT2D eigenvalue weighted by molar-refractivity contribution is 7.98. The molecule has 2 atom stereocenters. The fourth-order valence-corrected chi connectivity index (χ4v) is 2.98. The number of hydrogen-bond donors (Lipinski definition) is 2. The molecule has 0 aliphatic carbocycles. The van der Waals surface area contributed by atoms with Gasteiger partial charge in [0.05, 0.1) is 7.11 Å². The van der Waals surface area contributed by atoms with Crippen molar-refractivity contribution in [3.63, 3.8) is 0 Å². The smallest absolute Gasteiger partial charge is 0.408 e. The molecule has 0 saturated heterocycles. The lowest BCUT2D eigenvalue weighted by Gasteiger charge is -2.23. The number of methoxy groups -OCH3 is 1. The van der Waals surface area contributed by atoms with Gasteiger partial charge >= 0.3 is 12.1 Å². The van der Waals surface area contributed by atoms with Crippen LogP contribution in [0.2, 0.25) is 0 Å². The number of carbonyl (C=O) groups excluding carboxylic acids is 3. The van der Waals surface area contributed by atoms with E-state index >= 15 is 0 Å². The summed E-state index contributed by atoms with van der Waals surface area (Å²) < 4.78 is 9.97. The summed E-state index contributed by atoms with van der Waals surface area (Å²) in [7, 11) is 1.28. The molecular formula is C20H30N2O5S. The molecule has 156 valence electrons. The molecule has 0 saturated carbocycles. The summed E-state index contributed by atoms with van der Waals surface area (Å²) in [6.45, 7) is 4.01. The topological polar surface area (TPSA) is 93.7 Å². The van der Waals surface area contributed by atoms with Gasteiger partial charge in [-0.3, -0.25) is 4.79 Å². The summed E-state index contributed by atoms with van der Waals surface area (Å²) in [5.41, 5.74) is 0.852. The Kier molecular flexibility index (Phi) is 11.1. The monoisotopic (exact) mass is 410 g/mol. The molecule has 0 bridgehead atoms. The number of nitrogens with one attached hydrogen (secondary N) is 2. The van der Waals surface area contributed by atoms with Crippen LogP contribution in [-0.4, -0.2) is 49.2 Å². The van der Waals surface area contributed by atoms with Crippen molar-refractivity contribution in [2.24, 2.45) is 5.92 Å². The van der Waals surface area contributed by atoms with Crippen molar-refractivity contribution in [3.05, 3.63) is 35.9 Å². The van der Waals surface area contributed by atoms with Gasteiger partial charge in [0.2, 0.25) is 5.91 Å². The average Bonchev–Trinajstić information content (AvgIpc) is 2.68. The quantitative estimate of drug-likeness (QED) is 0.545. The Morgan fingerprint density at radius 1 is 1.07 bits per heavy atom. The van der Waals surface area contributed by atoms with Crippen molar-refractivity contribution < 1.29 is 23.9 Å². The highest BCUT2D eigenvalue weighted by atomic mass is 32.2. The Labute approximate surface area is 170 Å². The lowest BCUT2D eigenvalue weighted by Crippen LogP contribution is -2.52. The van der Waals surface area contributed by atoms with Crippen LogP contribution < -0.4 is 10.6 Å². The number of benzene rings is 1. The van der Waals surface area contributed by atoms with Crippen LogP contribution in [0, 0.1) is 5.92 Å². The number of esters is 1. The molecule has 0 radical (unpaired) electrons. The zero-order valence-corrected chi connectivity index (χ0v) is 17.7. The maximum absolute atomic E-state index is 12.7. The van der Waals surface area contributed by atoms with Gasteiger partial charge < -0.3 is 20.1 Å². The van der Waals surface area contributed by atoms with Crippen LogP contribution >= 0.6 is 11.8 Å². The van der Waals surface area contributed by atoms with Crippen molar-refractivity contribution in [2.75, 3.05) is 19.1 Å². The molecule has 2 amide bonds. The third-order valence-electron chi connectivity index (χ3n) is 3.94. The summed E-state index contributed by atoms with van der Waals surface area (Å²) in [4.78, 5) is 36.8. The van der Waals surface area contributed by atoms with Gasteiger partial charge in [-0.05, 0) is 36.3 Å². The highest BCUT2D eigenvalue weighted by Crippen LogP contribution is 2.09.